The number of halogens is 4. The molecule has 2 N–H and O–H groups in total. The second-order valence-corrected chi connectivity index (χ2v) is 8.15. The van der Waals surface area contributed by atoms with Crippen molar-refractivity contribution in [3.05, 3.63) is 75.0 Å². The predicted octanol–water partition coefficient (Wildman–Crippen LogP) is 4.12. The molecule has 6 nitrogen and oxygen atoms in total. The first kappa shape index (κ1) is 22.5. The van der Waals surface area contributed by atoms with E-state index in [0.29, 0.717) is 29.3 Å². The van der Waals surface area contributed by atoms with Crippen molar-refractivity contribution in [3.8, 4) is 11.4 Å². The molecule has 0 spiro atoms. The lowest BCUT2D eigenvalue weighted by molar-refractivity contribution is 0.0839. The van der Waals surface area contributed by atoms with Crippen molar-refractivity contribution in [2.24, 2.45) is 0 Å². The number of nitrogens with zero attached hydrogens (tertiary/aromatic N) is 2. The molecule has 0 aliphatic heterocycles. The van der Waals surface area contributed by atoms with Crippen molar-refractivity contribution >= 4 is 29.1 Å². The quantitative estimate of drug-likeness (QED) is 0.532. The van der Waals surface area contributed by atoms with E-state index in [-0.39, 0.29) is 23.9 Å². The first-order chi connectivity index (χ1) is 15.3. The number of hydrogen-bond donors (Lipinski definition) is 2. The highest BCUT2D eigenvalue weighted by Gasteiger charge is 2.27. The van der Waals surface area contributed by atoms with Gasteiger partial charge in [0.2, 0.25) is 0 Å². The molecule has 10 heteroatoms. The summed E-state index contributed by atoms with van der Waals surface area (Å²) in [4.78, 5) is 12.7. The largest absolute Gasteiger partial charge is 0.489 e. The van der Waals surface area contributed by atoms with Crippen molar-refractivity contribution in [1.29, 1.82) is 0 Å². The predicted molar refractivity (Wildman–Crippen MR) is 116 cm³/mol. The number of amides is 1. The van der Waals surface area contributed by atoms with Crippen LogP contribution in [0.3, 0.4) is 0 Å². The van der Waals surface area contributed by atoms with Crippen LogP contribution in [0.4, 0.5) is 8.78 Å². The van der Waals surface area contributed by atoms with E-state index in [9.17, 15) is 18.7 Å². The maximum Gasteiger partial charge on any atom is 0.272 e. The van der Waals surface area contributed by atoms with Gasteiger partial charge in [-0.05, 0) is 43.5 Å². The first-order valence-corrected chi connectivity index (χ1v) is 10.7. The molecule has 0 saturated heterocycles. The van der Waals surface area contributed by atoms with Crippen LogP contribution in [-0.2, 0) is 12.8 Å². The second kappa shape index (κ2) is 9.44. The summed E-state index contributed by atoms with van der Waals surface area (Å²) < 4.78 is 33.9. The van der Waals surface area contributed by atoms with Crippen LogP contribution in [0.5, 0.6) is 5.75 Å². The molecule has 1 aliphatic rings. The van der Waals surface area contributed by atoms with E-state index in [1.54, 1.807) is 18.2 Å². The van der Waals surface area contributed by atoms with Crippen LogP contribution >= 0.6 is 23.2 Å². The Kier molecular flexibility index (Phi) is 6.64. The van der Waals surface area contributed by atoms with E-state index in [1.165, 1.54) is 10.7 Å². The third-order valence-electron chi connectivity index (χ3n) is 5.14. The van der Waals surface area contributed by atoms with E-state index in [2.05, 4.69) is 10.4 Å². The van der Waals surface area contributed by atoms with Gasteiger partial charge in [0.1, 0.15) is 23.5 Å². The minimum atomic E-state index is -1.00. The van der Waals surface area contributed by atoms with Crippen LogP contribution in [0.25, 0.3) is 5.69 Å². The van der Waals surface area contributed by atoms with Crippen molar-refractivity contribution in [2.75, 3.05) is 13.2 Å². The molecule has 4 rings (SSSR count). The van der Waals surface area contributed by atoms with Crippen LogP contribution in [0.2, 0.25) is 10.0 Å². The molecule has 0 bridgehead atoms. The number of aliphatic hydroxyl groups is 1. The van der Waals surface area contributed by atoms with E-state index in [1.807, 2.05) is 0 Å². The van der Waals surface area contributed by atoms with E-state index in [0.717, 1.165) is 29.8 Å². The smallest absolute Gasteiger partial charge is 0.272 e. The molecule has 1 aliphatic carbocycles. The van der Waals surface area contributed by atoms with Crippen LogP contribution < -0.4 is 10.1 Å². The summed E-state index contributed by atoms with van der Waals surface area (Å²) in [6.07, 6.45) is 1.15. The molecule has 0 saturated carbocycles. The summed E-state index contributed by atoms with van der Waals surface area (Å²) in [6, 6.07) is 8.38. The normalized spacial score (nSPS) is 13.7. The Morgan fingerprint density at radius 2 is 2.03 bits per heavy atom. The van der Waals surface area contributed by atoms with E-state index in [4.69, 9.17) is 27.9 Å². The maximum atomic E-state index is 13.7. The Bertz CT molecular complexity index is 1170. The monoisotopic (exact) mass is 481 g/mol. The molecule has 32 heavy (non-hydrogen) atoms. The van der Waals surface area contributed by atoms with Crippen LogP contribution in [0, 0.1) is 11.6 Å². The van der Waals surface area contributed by atoms with Crippen molar-refractivity contribution in [3.63, 3.8) is 0 Å². The van der Waals surface area contributed by atoms with Gasteiger partial charge < -0.3 is 15.2 Å². The molecule has 2 aromatic carbocycles. The second-order valence-electron chi connectivity index (χ2n) is 7.36. The number of benzene rings is 2. The SMILES string of the molecule is O=C(NCC(O)COc1cccc(Cl)c1Cl)c1nn(-c2ccc(F)c(F)c2)c2c1CCC2. The molecule has 1 atom stereocenters. The van der Waals surface area contributed by atoms with Crippen LogP contribution in [-0.4, -0.2) is 40.0 Å². The highest BCUT2D eigenvalue weighted by atomic mass is 35.5. The average Bonchev–Trinajstić information content (AvgIpc) is 3.38. The lowest BCUT2D eigenvalue weighted by atomic mass is 10.2. The minimum absolute atomic E-state index is 0.0795. The fourth-order valence-corrected chi connectivity index (χ4v) is 3.93. The molecule has 0 fully saturated rings. The Morgan fingerprint density at radius 3 is 2.81 bits per heavy atom. The number of fused-ring (bicyclic) bond motifs is 1. The van der Waals surface area contributed by atoms with Crippen molar-refractivity contribution in [1.82, 2.24) is 15.1 Å². The first-order valence-electron chi connectivity index (χ1n) is 9.94. The summed E-state index contributed by atoms with van der Waals surface area (Å²) in [5, 5.41) is 17.7. The van der Waals surface area contributed by atoms with Crippen molar-refractivity contribution in [2.45, 2.75) is 25.4 Å². The standard InChI is InChI=1S/C22H19Cl2F2N3O3/c23-15-4-2-6-19(20(15)24)32-11-13(30)10-27-22(31)21-14-3-1-5-18(14)29(28-21)12-7-8-16(25)17(26)9-12/h2,4,6-9,13,30H,1,3,5,10-11H2,(H,27,31). The van der Waals surface area contributed by atoms with Gasteiger partial charge in [0, 0.05) is 23.9 Å². The van der Waals surface area contributed by atoms with Gasteiger partial charge >= 0.3 is 0 Å². The number of ether oxygens (including phenoxy) is 1. The van der Waals surface area contributed by atoms with Gasteiger partial charge in [-0.3, -0.25) is 4.79 Å². The number of hydrogen-bond acceptors (Lipinski definition) is 4. The minimum Gasteiger partial charge on any atom is -0.489 e. The maximum absolute atomic E-state index is 13.7. The summed E-state index contributed by atoms with van der Waals surface area (Å²) in [7, 11) is 0. The molecule has 1 amide bonds. The molecular weight excluding hydrogens is 463 g/mol. The van der Waals surface area contributed by atoms with Gasteiger partial charge in [-0.2, -0.15) is 5.10 Å². The highest BCUT2D eigenvalue weighted by Crippen LogP contribution is 2.31. The van der Waals surface area contributed by atoms with Gasteiger partial charge in [-0.15, -0.1) is 0 Å². The Balaban J connectivity index is 1.42. The lowest BCUT2D eigenvalue weighted by Gasteiger charge is -2.14. The van der Waals surface area contributed by atoms with Gasteiger partial charge in [0.25, 0.3) is 5.91 Å². The number of nitrogens with one attached hydrogen (secondary N) is 1. The molecule has 168 valence electrons. The zero-order valence-electron chi connectivity index (χ0n) is 16.7. The van der Waals surface area contributed by atoms with Gasteiger partial charge in [0.15, 0.2) is 17.3 Å². The average molecular weight is 482 g/mol. The van der Waals surface area contributed by atoms with Gasteiger partial charge in [-0.1, -0.05) is 29.3 Å². The lowest BCUT2D eigenvalue weighted by Crippen LogP contribution is -2.35. The molecule has 3 aromatic rings. The third kappa shape index (κ3) is 4.57. The van der Waals surface area contributed by atoms with Gasteiger partial charge in [-0.25, -0.2) is 13.5 Å². The summed E-state index contributed by atoms with van der Waals surface area (Å²) in [5.74, 6) is -2.08. The number of carbonyl (C=O) groups is 1. The van der Waals surface area contributed by atoms with E-state index >= 15 is 0 Å². The van der Waals surface area contributed by atoms with Gasteiger partial charge in [0.05, 0.1) is 10.7 Å². The molecule has 1 heterocycles. The zero-order chi connectivity index (χ0) is 22.8. The molecular formula is C22H19Cl2F2N3O3. The number of rotatable bonds is 7. The summed E-state index contributed by atoms with van der Waals surface area (Å²) >= 11 is 12.0. The molecule has 1 aromatic heterocycles. The fraction of sp³-hybridized carbons (Fsp3) is 0.273. The molecule has 0 radical (unpaired) electrons. The van der Waals surface area contributed by atoms with Crippen molar-refractivity contribution < 1.29 is 23.4 Å². The number of aromatic nitrogens is 2. The van der Waals surface area contributed by atoms with Crippen LogP contribution in [0.15, 0.2) is 36.4 Å². The highest BCUT2D eigenvalue weighted by molar-refractivity contribution is 6.42. The number of aliphatic hydroxyl groups excluding tert-OH is 1. The fourth-order valence-electron chi connectivity index (χ4n) is 3.58. The zero-order valence-corrected chi connectivity index (χ0v) is 18.3. The van der Waals surface area contributed by atoms with Crippen LogP contribution in [0.1, 0.15) is 28.2 Å². The third-order valence-corrected chi connectivity index (χ3v) is 5.94. The number of carbonyl (C=O) groups excluding carboxylic acids is 1. The molecule has 1 unspecified atom stereocenters. The van der Waals surface area contributed by atoms with E-state index < -0.39 is 23.6 Å². The Hall–Kier alpha value is -2.68. The topological polar surface area (TPSA) is 76.4 Å². The summed E-state index contributed by atoms with van der Waals surface area (Å²) in [6.45, 7) is -0.189. The Morgan fingerprint density at radius 1 is 1.22 bits per heavy atom. The Labute approximate surface area is 192 Å². The summed E-state index contributed by atoms with van der Waals surface area (Å²) in [5.41, 5.74) is 2.10.